The fraction of sp³-hybridized carbons (Fsp3) is 0.875. The van der Waals surface area contributed by atoms with Crippen molar-refractivity contribution < 1.29 is 9.59 Å². The van der Waals surface area contributed by atoms with E-state index in [9.17, 15) is 9.59 Å². The molecule has 3 rings (SSSR count). The number of carbonyl (C=O) groups is 2. The molecule has 4 atom stereocenters. The van der Waals surface area contributed by atoms with Gasteiger partial charge in [0.15, 0.2) is 0 Å². The molecule has 2 saturated heterocycles. The Morgan fingerprint density at radius 2 is 1.95 bits per heavy atom. The second kappa shape index (κ2) is 6.19. The second-order valence-corrected chi connectivity index (χ2v) is 7.68. The van der Waals surface area contributed by atoms with Crippen LogP contribution in [0.4, 0.5) is 0 Å². The summed E-state index contributed by atoms with van der Waals surface area (Å²) in [5.41, 5.74) is 0. The lowest BCUT2D eigenvalue weighted by atomic mass is 9.90. The van der Waals surface area contributed by atoms with Crippen molar-refractivity contribution in [3.63, 3.8) is 0 Å². The molecule has 2 heterocycles. The number of rotatable bonds is 3. The standard InChI is InChI=1S/C16H26N2O2S/c1-3-13-15(19)17-9-5-8-14(17)16(20)18(13)11-6-4-7-12(10-11)21-2/h11-14H,3-10H2,1-2H3. The average molecular weight is 310 g/mol. The van der Waals surface area contributed by atoms with E-state index in [-0.39, 0.29) is 29.9 Å². The highest BCUT2D eigenvalue weighted by atomic mass is 32.2. The van der Waals surface area contributed by atoms with Crippen molar-refractivity contribution in [2.45, 2.75) is 75.2 Å². The maximum Gasteiger partial charge on any atom is 0.246 e. The van der Waals surface area contributed by atoms with E-state index in [0.717, 1.165) is 38.6 Å². The number of nitrogens with zero attached hydrogens (tertiary/aromatic N) is 2. The molecule has 0 aromatic rings. The maximum atomic E-state index is 12.9. The van der Waals surface area contributed by atoms with Gasteiger partial charge in [0.25, 0.3) is 0 Å². The molecule has 0 aromatic heterocycles. The molecule has 0 radical (unpaired) electrons. The molecule has 5 heteroatoms. The molecule has 1 aliphatic carbocycles. The summed E-state index contributed by atoms with van der Waals surface area (Å²) in [4.78, 5) is 29.5. The molecule has 2 amide bonds. The monoisotopic (exact) mass is 310 g/mol. The van der Waals surface area contributed by atoms with Gasteiger partial charge < -0.3 is 9.80 Å². The lowest BCUT2D eigenvalue weighted by molar-refractivity contribution is -0.163. The molecule has 0 N–H and O–H groups in total. The lowest BCUT2D eigenvalue weighted by Crippen LogP contribution is -2.65. The Kier molecular flexibility index (Phi) is 4.48. The number of thioether (sulfide) groups is 1. The summed E-state index contributed by atoms with van der Waals surface area (Å²) in [5, 5.41) is 0.644. The minimum atomic E-state index is -0.211. The molecule has 21 heavy (non-hydrogen) atoms. The smallest absolute Gasteiger partial charge is 0.246 e. The fourth-order valence-electron chi connectivity index (χ4n) is 4.32. The number of hydrogen-bond acceptors (Lipinski definition) is 3. The van der Waals surface area contributed by atoms with Crippen LogP contribution in [0.5, 0.6) is 0 Å². The van der Waals surface area contributed by atoms with Gasteiger partial charge in [-0.3, -0.25) is 9.59 Å². The zero-order chi connectivity index (χ0) is 15.0. The van der Waals surface area contributed by atoms with E-state index in [1.165, 1.54) is 12.8 Å². The summed E-state index contributed by atoms with van der Waals surface area (Å²) < 4.78 is 0. The van der Waals surface area contributed by atoms with Crippen LogP contribution in [0.15, 0.2) is 0 Å². The summed E-state index contributed by atoms with van der Waals surface area (Å²) in [7, 11) is 0. The number of fused-ring (bicyclic) bond motifs is 1. The van der Waals surface area contributed by atoms with Gasteiger partial charge in [0.05, 0.1) is 0 Å². The molecular weight excluding hydrogens is 284 g/mol. The van der Waals surface area contributed by atoms with Crippen LogP contribution in [0.1, 0.15) is 51.9 Å². The Morgan fingerprint density at radius 3 is 2.67 bits per heavy atom. The molecule has 4 nitrogen and oxygen atoms in total. The maximum absolute atomic E-state index is 12.9. The third-order valence-electron chi connectivity index (χ3n) is 5.41. The molecule has 4 unspecified atom stereocenters. The van der Waals surface area contributed by atoms with E-state index in [1.54, 1.807) is 0 Å². The summed E-state index contributed by atoms with van der Waals surface area (Å²) >= 11 is 1.91. The molecule has 0 spiro atoms. The fourth-order valence-corrected chi connectivity index (χ4v) is 5.13. The van der Waals surface area contributed by atoms with E-state index in [0.29, 0.717) is 5.25 Å². The van der Waals surface area contributed by atoms with Crippen molar-refractivity contribution in [3.8, 4) is 0 Å². The third kappa shape index (κ3) is 2.58. The van der Waals surface area contributed by atoms with Gasteiger partial charge in [0.1, 0.15) is 12.1 Å². The molecular formula is C16H26N2O2S. The van der Waals surface area contributed by atoms with Crippen LogP contribution in [0.3, 0.4) is 0 Å². The predicted octanol–water partition coefficient (Wildman–Crippen LogP) is 2.27. The zero-order valence-corrected chi connectivity index (χ0v) is 13.9. The first-order chi connectivity index (χ1) is 10.2. The number of amides is 2. The molecule has 0 bridgehead atoms. The summed E-state index contributed by atoms with van der Waals surface area (Å²) in [6.45, 7) is 2.81. The topological polar surface area (TPSA) is 40.6 Å². The highest BCUT2D eigenvalue weighted by molar-refractivity contribution is 7.99. The Balaban J connectivity index is 1.84. The predicted molar refractivity (Wildman–Crippen MR) is 85.2 cm³/mol. The van der Waals surface area contributed by atoms with Gasteiger partial charge in [-0.05, 0) is 44.8 Å². The highest BCUT2D eigenvalue weighted by Crippen LogP contribution is 2.35. The van der Waals surface area contributed by atoms with E-state index in [2.05, 4.69) is 6.26 Å². The van der Waals surface area contributed by atoms with Crippen LogP contribution in [-0.4, -0.2) is 57.8 Å². The van der Waals surface area contributed by atoms with Gasteiger partial charge in [-0.15, -0.1) is 0 Å². The van der Waals surface area contributed by atoms with Crippen molar-refractivity contribution in [1.82, 2.24) is 9.80 Å². The quantitative estimate of drug-likeness (QED) is 0.803. The second-order valence-electron chi connectivity index (χ2n) is 6.54. The van der Waals surface area contributed by atoms with Crippen molar-refractivity contribution >= 4 is 23.6 Å². The van der Waals surface area contributed by atoms with Gasteiger partial charge >= 0.3 is 0 Å². The van der Waals surface area contributed by atoms with Gasteiger partial charge in [0, 0.05) is 17.8 Å². The molecule has 2 aliphatic heterocycles. The van der Waals surface area contributed by atoms with Crippen molar-refractivity contribution in [3.05, 3.63) is 0 Å². The summed E-state index contributed by atoms with van der Waals surface area (Å²) in [6.07, 6.45) is 9.29. The molecule has 3 aliphatic rings. The number of piperazine rings is 1. The van der Waals surface area contributed by atoms with E-state index in [1.807, 2.05) is 28.5 Å². The molecule has 0 aromatic carbocycles. The first kappa shape index (κ1) is 15.2. The SMILES string of the molecule is CCC1C(=O)N2CCCC2C(=O)N1C1CCCC(SC)C1. The Hall–Kier alpha value is -0.710. The van der Waals surface area contributed by atoms with E-state index >= 15 is 0 Å². The van der Waals surface area contributed by atoms with Gasteiger partial charge in [-0.25, -0.2) is 0 Å². The number of carbonyl (C=O) groups excluding carboxylic acids is 2. The molecule has 1 saturated carbocycles. The summed E-state index contributed by atoms with van der Waals surface area (Å²) in [5.74, 6) is 0.427. The van der Waals surface area contributed by atoms with Crippen LogP contribution in [0.2, 0.25) is 0 Å². The van der Waals surface area contributed by atoms with Crippen LogP contribution >= 0.6 is 11.8 Å². The Labute approximate surface area is 131 Å². The minimum Gasteiger partial charge on any atom is -0.329 e. The third-order valence-corrected chi connectivity index (χ3v) is 6.50. The summed E-state index contributed by atoms with van der Waals surface area (Å²) in [6, 6.07) is -0.0900. The van der Waals surface area contributed by atoms with Crippen LogP contribution in [0, 0.1) is 0 Å². The first-order valence-electron chi connectivity index (χ1n) is 8.32. The van der Waals surface area contributed by atoms with Gasteiger partial charge in [-0.1, -0.05) is 13.3 Å². The van der Waals surface area contributed by atoms with Crippen LogP contribution in [0.25, 0.3) is 0 Å². The van der Waals surface area contributed by atoms with Crippen LogP contribution < -0.4 is 0 Å². The molecule has 118 valence electrons. The van der Waals surface area contributed by atoms with Gasteiger partial charge in [0.2, 0.25) is 11.8 Å². The molecule has 3 fully saturated rings. The Morgan fingerprint density at radius 1 is 1.14 bits per heavy atom. The van der Waals surface area contributed by atoms with Gasteiger partial charge in [-0.2, -0.15) is 11.8 Å². The van der Waals surface area contributed by atoms with Crippen molar-refractivity contribution in [2.75, 3.05) is 12.8 Å². The number of hydrogen-bond donors (Lipinski definition) is 0. The average Bonchev–Trinajstić information content (AvgIpc) is 3.00. The van der Waals surface area contributed by atoms with Crippen LogP contribution in [-0.2, 0) is 9.59 Å². The van der Waals surface area contributed by atoms with Crippen molar-refractivity contribution in [2.24, 2.45) is 0 Å². The largest absolute Gasteiger partial charge is 0.329 e. The lowest BCUT2D eigenvalue weighted by Gasteiger charge is -2.47. The zero-order valence-electron chi connectivity index (χ0n) is 13.1. The highest BCUT2D eigenvalue weighted by Gasteiger charge is 2.49. The first-order valence-corrected chi connectivity index (χ1v) is 9.61. The normalized spacial score (nSPS) is 37.0. The van der Waals surface area contributed by atoms with E-state index in [4.69, 9.17) is 0 Å². The van der Waals surface area contributed by atoms with Crippen molar-refractivity contribution in [1.29, 1.82) is 0 Å². The Bertz CT molecular complexity index is 429. The van der Waals surface area contributed by atoms with E-state index < -0.39 is 0 Å². The minimum absolute atomic E-state index is 0.157.